The molecule has 26 heavy (non-hydrogen) atoms. The van der Waals surface area contributed by atoms with E-state index in [0.29, 0.717) is 30.2 Å². The zero-order valence-corrected chi connectivity index (χ0v) is 17.2. The molecule has 0 aliphatic carbocycles. The molecule has 0 aromatic heterocycles. The van der Waals surface area contributed by atoms with Gasteiger partial charge in [-0.25, -0.2) is 0 Å². The van der Waals surface area contributed by atoms with E-state index in [-0.39, 0.29) is 36.1 Å². The van der Waals surface area contributed by atoms with Gasteiger partial charge in [-0.15, -0.1) is 12.4 Å². The van der Waals surface area contributed by atoms with E-state index in [1.807, 2.05) is 20.8 Å². The Kier molecular flexibility index (Phi) is 8.38. The number of nitrogens with zero attached hydrogens (tertiary/aromatic N) is 1. The number of benzene rings is 1. The van der Waals surface area contributed by atoms with Crippen LogP contribution in [-0.4, -0.2) is 41.9 Å². The second-order valence-electron chi connectivity index (χ2n) is 7.36. The number of nitrogens with one attached hydrogen (secondary N) is 1. The second-order valence-corrected chi connectivity index (χ2v) is 7.80. The molecule has 2 amide bonds. The Labute approximate surface area is 167 Å². The van der Waals surface area contributed by atoms with Crippen LogP contribution in [0.2, 0.25) is 5.02 Å². The number of rotatable bonds is 5. The Morgan fingerprint density at radius 2 is 1.96 bits per heavy atom. The Bertz CT molecular complexity index is 622. The van der Waals surface area contributed by atoms with Gasteiger partial charge < -0.3 is 16.0 Å². The fraction of sp³-hybridized carbons (Fsp3) is 0.579. The van der Waals surface area contributed by atoms with Gasteiger partial charge in [-0.1, -0.05) is 25.4 Å². The largest absolute Gasteiger partial charge is 0.349 e. The van der Waals surface area contributed by atoms with E-state index in [4.69, 9.17) is 17.3 Å². The van der Waals surface area contributed by atoms with Crippen molar-refractivity contribution in [3.8, 4) is 0 Å². The van der Waals surface area contributed by atoms with Crippen LogP contribution >= 0.6 is 24.0 Å². The topological polar surface area (TPSA) is 75.4 Å². The van der Waals surface area contributed by atoms with Crippen LogP contribution in [0.15, 0.2) is 24.3 Å². The maximum Gasteiger partial charge on any atom is 0.253 e. The van der Waals surface area contributed by atoms with Crippen molar-refractivity contribution in [3.63, 3.8) is 0 Å². The summed E-state index contributed by atoms with van der Waals surface area (Å²) in [7, 11) is 0. The van der Waals surface area contributed by atoms with E-state index in [9.17, 15) is 9.59 Å². The molecule has 1 heterocycles. The van der Waals surface area contributed by atoms with Gasteiger partial charge in [-0.05, 0) is 49.9 Å². The van der Waals surface area contributed by atoms with E-state index in [2.05, 4.69) is 5.32 Å². The van der Waals surface area contributed by atoms with Crippen molar-refractivity contribution >= 4 is 35.8 Å². The van der Waals surface area contributed by atoms with Gasteiger partial charge in [0.25, 0.3) is 5.91 Å². The minimum Gasteiger partial charge on any atom is -0.349 e. The summed E-state index contributed by atoms with van der Waals surface area (Å²) in [6.45, 7) is 7.55. The Balaban J connectivity index is 0.00000338. The van der Waals surface area contributed by atoms with Gasteiger partial charge in [0.15, 0.2) is 0 Å². The van der Waals surface area contributed by atoms with E-state index in [0.717, 1.165) is 12.8 Å². The quantitative estimate of drug-likeness (QED) is 0.795. The lowest BCUT2D eigenvalue weighted by Gasteiger charge is -2.37. The first-order valence-electron chi connectivity index (χ1n) is 8.84. The van der Waals surface area contributed by atoms with Gasteiger partial charge in [-0.2, -0.15) is 0 Å². The van der Waals surface area contributed by atoms with E-state index in [1.54, 1.807) is 29.2 Å². The van der Waals surface area contributed by atoms with E-state index in [1.165, 1.54) is 0 Å². The normalized spacial score (nSPS) is 19.5. The first-order valence-corrected chi connectivity index (χ1v) is 9.21. The number of carbonyl (C=O) groups is 2. The highest BCUT2D eigenvalue weighted by Gasteiger charge is 2.34. The SMILES string of the molecule is CC(C)C(C)(CN)NC(=O)C1CCCN(C(=O)c2ccc(Cl)cc2)C1.Cl. The van der Waals surface area contributed by atoms with Crippen LogP contribution in [0.3, 0.4) is 0 Å². The molecule has 0 spiro atoms. The molecule has 1 aliphatic rings. The summed E-state index contributed by atoms with van der Waals surface area (Å²) >= 11 is 5.88. The summed E-state index contributed by atoms with van der Waals surface area (Å²) < 4.78 is 0. The van der Waals surface area contributed by atoms with Crippen LogP contribution in [-0.2, 0) is 4.79 Å². The van der Waals surface area contributed by atoms with E-state index < -0.39 is 5.54 Å². The van der Waals surface area contributed by atoms with Crippen LogP contribution in [0.5, 0.6) is 0 Å². The second kappa shape index (κ2) is 9.58. The molecule has 146 valence electrons. The number of hydrogen-bond donors (Lipinski definition) is 2. The number of piperidine rings is 1. The van der Waals surface area contributed by atoms with Gasteiger partial charge >= 0.3 is 0 Å². The molecule has 0 saturated carbocycles. The maximum atomic E-state index is 12.7. The van der Waals surface area contributed by atoms with Crippen molar-refractivity contribution in [1.29, 1.82) is 0 Å². The third kappa shape index (κ3) is 5.35. The first kappa shape index (κ1) is 22.7. The molecule has 1 aromatic carbocycles. The number of carbonyl (C=O) groups excluding carboxylic acids is 2. The third-order valence-corrected chi connectivity index (χ3v) is 5.53. The summed E-state index contributed by atoms with van der Waals surface area (Å²) in [5.74, 6) is -0.0404. The van der Waals surface area contributed by atoms with Crippen LogP contribution < -0.4 is 11.1 Å². The van der Waals surface area contributed by atoms with Gasteiger partial charge in [0.1, 0.15) is 0 Å². The third-order valence-electron chi connectivity index (χ3n) is 5.28. The van der Waals surface area contributed by atoms with Crippen LogP contribution in [0, 0.1) is 11.8 Å². The number of amides is 2. The molecule has 1 saturated heterocycles. The number of halogens is 2. The molecule has 2 rings (SSSR count). The summed E-state index contributed by atoms with van der Waals surface area (Å²) in [5, 5.41) is 3.70. The molecular weight excluding hydrogens is 373 g/mol. The minimum atomic E-state index is -0.431. The fourth-order valence-electron chi connectivity index (χ4n) is 2.97. The van der Waals surface area contributed by atoms with Crippen molar-refractivity contribution in [2.24, 2.45) is 17.6 Å². The van der Waals surface area contributed by atoms with Crippen molar-refractivity contribution in [2.75, 3.05) is 19.6 Å². The lowest BCUT2D eigenvalue weighted by molar-refractivity contribution is -0.128. The van der Waals surface area contributed by atoms with Crippen LogP contribution in [0.1, 0.15) is 44.0 Å². The molecule has 0 bridgehead atoms. The van der Waals surface area contributed by atoms with Gasteiger partial charge in [0, 0.05) is 30.2 Å². The highest BCUT2D eigenvalue weighted by Crippen LogP contribution is 2.22. The highest BCUT2D eigenvalue weighted by molar-refractivity contribution is 6.30. The molecular formula is C19H29Cl2N3O2. The van der Waals surface area contributed by atoms with Crippen LogP contribution in [0.25, 0.3) is 0 Å². The van der Waals surface area contributed by atoms with Crippen molar-refractivity contribution < 1.29 is 9.59 Å². The van der Waals surface area contributed by atoms with Gasteiger partial charge in [0.05, 0.1) is 11.5 Å². The van der Waals surface area contributed by atoms with Gasteiger partial charge in [-0.3, -0.25) is 9.59 Å². The standard InChI is InChI=1S/C19H28ClN3O2.ClH/c1-13(2)19(3,12-21)22-17(24)15-5-4-10-23(11-15)18(25)14-6-8-16(20)9-7-14;/h6-9,13,15H,4-5,10-12,21H2,1-3H3,(H,22,24);1H. The zero-order valence-electron chi connectivity index (χ0n) is 15.6. The summed E-state index contributed by atoms with van der Waals surface area (Å²) in [6, 6.07) is 6.85. The lowest BCUT2D eigenvalue weighted by atomic mass is 9.87. The average molecular weight is 402 g/mol. The number of likely N-dealkylation sites (tertiary alicyclic amines) is 1. The molecule has 1 aliphatic heterocycles. The number of hydrogen-bond acceptors (Lipinski definition) is 3. The molecule has 1 aromatic rings. The molecule has 5 nitrogen and oxygen atoms in total. The lowest BCUT2D eigenvalue weighted by Crippen LogP contribution is -2.58. The Morgan fingerprint density at radius 3 is 2.50 bits per heavy atom. The van der Waals surface area contributed by atoms with Crippen molar-refractivity contribution in [1.82, 2.24) is 10.2 Å². The predicted molar refractivity (Wildman–Crippen MR) is 108 cm³/mol. The monoisotopic (exact) mass is 401 g/mol. The van der Waals surface area contributed by atoms with Gasteiger partial charge in [0.2, 0.25) is 5.91 Å². The maximum absolute atomic E-state index is 12.7. The van der Waals surface area contributed by atoms with Crippen molar-refractivity contribution in [2.45, 2.75) is 39.2 Å². The van der Waals surface area contributed by atoms with E-state index >= 15 is 0 Å². The molecule has 0 radical (unpaired) electrons. The predicted octanol–water partition coefficient (Wildman–Crippen LogP) is 3.10. The highest BCUT2D eigenvalue weighted by atomic mass is 35.5. The minimum absolute atomic E-state index is 0. The summed E-state index contributed by atoms with van der Waals surface area (Å²) in [5.41, 5.74) is 6.03. The average Bonchev–Trinajstić information content (AvgIpc) is 2.61. The molecule has 3 N–H and O–H groups in total. The molecule has 7 heteroatoms. The van der Waals surface area contributed by atoms with Crippen LogP contribution in [0.4, 0.5) is 0 Å². The Morgan fingerprint density at radius 1 is 1.35 bits per heavy atom. The number of nitrogens with two attached hydrogens (primary N) is 1. The fourth-order valence-corrected chi connectivity index (χ4v) is 3.09. The molecule has 1 fully saturated rings. The summed E-state index contributed by atoms with van der Waals surface area (Å²) in [6.07, 6.45) is 1.60. The smallest absolute Gasteiger partial charge is 0.253 e. The zero-order chi connectivity index (χ0) is 18.6. The summed E-state index contributed by atoms with van der Waals surface area (Å²) in [4.78, 5) is 27.1. The van der Waals surface area contributed by atoms with Crippen molar-refractivity contribution in [3.05, 3.63) is 34.9 Å². The first-order chi connectivity index (χ1) is 11.8. The Hall–Kier alpha value is -1.30. The molecule has 2 unspecified atom stereocenters. The molecule has 2 atom stereocenters.